The molecule has 0 aromatic rings. The topological polar surface area (TPSA) is 44.4 Å². The van der Waals surface area contributed by atoms with E-state index in [-0.39, 0.29) is 5.91 Å². The van der Waals surface area contributed by atoms with Crippen LogP contribution in [0.2, 0.25) is 0 Å². The zero-order valence-electron chi connectivity index (χ0n) is 13.3. The molecule has 0 bridgehead atoms. The van der Waals surface area contributed by atoms with Gasteiger partial charge in [-0.15, -0.1) is 0 Å². The van der Waals surface area contributed by atoms with Gasteiger partial charge in [0.15, 0.2) is 0 Å². The maximum absolute atomic E-state index is 11.4. The van der Waals surface area contributed by atoms with Crippen LogP contribution in [-0.4, -0.2) is 49.6 Å². The number of rotatable bonds is 4. The van der Waals surface area contributed by atoms with Gasteiger partial charge < -0.3 is 10.6 Å². The number of amides is 1. The van der Waals surface area contributed by atoms with Gasteiger partial charge in [0.1, 0.15) is 0 Å². The number of hydrogen-bond acceptors (Lipinski definition) is 3. The second-order valence-electron chi connectivity index (χ2n) is 6.89. The first-order valence-corrected chi connectivity index (χ1v) is 8.27. The van der Waals surface area contributed by atoms with Crippen LogP contribution >= 0.6 is 0 Å². The van der Waals surface area contributed by atoms with Gasteiger partial charge >= 0.3 is 0 Å². The maximum Gasteiger partial charge on any atom is 0.233 e. The molecule has 2 N–H and O–H groups in total. The van der Waals surface area contributed by atoms with Crippen molar-refractivity contribution in [2.45, 2.75) is 58.0 Å². The Labute approximate surface area is 123 Å². The van der Waals surface area contributed by atoms with Crippen LogP contribution in [0.5, 0.6) is 0 Å². The van der Waals surface area contributed by atoms with Crippen molar-refractivity contribution in [2.24, 2.45) is 11.8 Å². The van der Waals surface area contributed by atoms with Crippen LogP contribution in [0.3, 0.4) is 0 Å². The van der Waals surface area contributed by atoms with E-state index in [1.165, 1.54) is 32.1 Å². The van der Waals surface area contributed by atoms with Crippen LogP contribution in [0.4, 0.5) is 0 Å². The largest absolute Gasteiger partial charge is 0.358 e. The minimum absolute atomic E-state index is 0.131. The van der Waals surface area contributed by atoms with Crippen LogP contribution in [0.15, 0.2) is 0 Å². The second kappa shape index (κ2) is 7.41. The Morgan fingerprint density at radius 2 is 1.85 bits per heavy atom. The van der Waals surface area contributed by atoms with Crippen LogP contribution in [0.1, 0.15) is 46.0 Å². The third-order valence-corrected chi connectivity index (χ3v) is 5.11. The van der Waals surface area contributed by atoms with Crippen molar-refractivity contribution < 1.29 is 4.79 Å². The quantitative estimate of drug-likeness (QED) is 0.823. The fourth-order valence-electron chi connectivity index (χ4n) is 3.76. The Morgan fingerprint density at radius 3 is 2.45 bits per heavy atom. The summed E-state index contributed by atoms with van der Waals surface area (Å²) in [5, 5.41) is 6.59. The first-order valence-electron chi connectivity index (χ1n) is 8.27. The van der Waals surface area contributed by atoms with Crippen LogP contribution < -0.4 is 10.6 Å². The van der Waals surface area contributed by atoms with E-state index in [1.54, 1.807) is 7.05 Å². The highest BCUT2D eigenvalue weighted by Gasteiger charge is 2.28. The number of piperidine rings is 1. The molecule has 2 aliphatic rings. The highest BCUT2D eigenvalue weighted by Crippen LogP contribution is 2.29. The SMILES string of the molecule is CNC(=O)CN1CCC(NC2CCC(C)CC2C)CC1. The average Bonchev–Trinajstić information content (AvgIpc) is 2.44. The molecular weight excluding hydrogens is 250 g/mol. The summed E-state index contributed by atoms with van der Waals surface area (Å²) in [5.74, 6) is 1.84. The minimum atomic E-state index is 0.131. The molecule has 1 saturated carbocycles. The predicted molar refractivity (Wildman–Crippen MR) is 82.6 cm³/mol. The van der Waals surface area contributed by atoms with Gasteiger partial charge in [0.2, 0.25) is 5.91 Å². The number of carbonyl (C=O) groups is 1. The third-order valence-electron chi connectivity index (χ3n) is 5.11. The van der Waals surface area contributed by atoms with Crippen molar-refractivity contribution >= 4 is 5.91 Å². The number of likely N-dealkylation sites (tertiary alicyclic amines) is 1. The van der Waals surface area contributed by atoms with Gasteiger partial charge in [0, 0.05) is 32.2 Å². The molecule has 1 aliphatic heterocycles. The highest BCUT2D eigenvalue weighted by atomic mass is 16.1. The van der Waals surface area contributed by atoms with E-state index >= 15 is 0 Å². The van der Waals surface area contributed by atoms with E-state index in [0.29, 0.717) is 18.6 Å². The minimum Gasteiger partial charge on any atom is -0.358 e. The molecule has 0 spiro atoms. The average molecular weight is 281 g/mol. The Morgan fingerprint density at radius 1 is 1.15 bits per heavy atom. The Balaban J connectivity index is 1.70. The number of nitrogens with one attached hydrogen (secondary N) is 2. The summed E-state index contributed by atoms with van der Waals surface area (Å²) in [4.78, 5) is 13.7. The molecule has 0 aromatic carbocycles. The molecule has 0 radical (unpaired) electrons. The number of nitrogens with zero attached hydrogens (tertiary/aromatic N) is 1. The summed E-state index contributed by atoms with van der Waals surface area (Å²) in [6.45, 7) is 7.42. The summed E-state index contributed by atoms with van der Waals surface area (Å²) in [5.41, 5.74) is 0. The number of hydrogen-bond donors (Lipinski definition) is 2. The fraction of sp³-hybridized carbons (Fsp3) is 0.938. The summed E-state index contributed by atoms with van der Waals surface area (Å²) in [6.07, 6.45) is 6.43. The molecule has 3 atom stereocenters. The molecule has 4 heteroatoms. The lowest BCUT2D eigenvalue weighted by Gasteiger charge is -2.39. The zero-order chi connectivity index (χ0) is 14.5. The number of carbonyl (C=O) groups excluding carboxylic acids is 1. The standard InChI is InChI=1S/C16H31N3O/c1-12-4-5-15(13(2)10-12)18-14-6-8-19(9-7-14)11-16(20)17-3/h12-15,18H,4-11H2,1-3H3,(H,17,20). The van der Waals surface area contributed by atoms with Crippen LogP contribution in [-0.2, 0) is 4.79 Å². The van der Waals surface area contributed by atoms with Crippen molar-refractivity contribution in [3.8, 4) is 0 Å². The van der Waals surface area contributed by atoms with E-state index < -0.39 is 0 Å². The monoisotopic (exact) mass is 281 g/mol. The summed E-state index contributed by atoms with van der Waals surface area (Å²) in [6, 6.07) is 1.36. The van der Waals surface area contributed by atoms with Crippen molar-refractivity contribution in [2.75, 3.05) is 26.7 Å². The molecule has 1 aliphatic carbocycles. The van der Waals surface area contributed by atoms with Gasteiger partial charge in [0.05, 0.1) is 6.54 Å². The molecule has 1 saturated heterocycles. The Bertz CT molecular complexity index is 313. The van der Waals surface area contributed by atoms with Crippen molar-refractivity contribution in [1.29, 1.82) is 0 Å². The van der Waals surface area contributed by atoms with Crippen molar-refractivity contribution in [3.63, 3.8) is 0 Å². The van der Waals surface area contributed by atoms with Crippen LogP contribution in [0, 0.1) is 11.8 Å². The molecule has 2 rings (SSSR count). The molecule has 4 nitrogen and oxygen atoms in total. The molecule has 116 valence electrons. The fourth-order valence-corrected chi connectivity index (χ4v) is 3.76. The first-order chi connectivity index (χ1) is 9.58. The van der Waals surface area contributed by atoms with E-state index in [0.717, 1.165) is 24.9 Å². The molecule has 20 heavy (non-hydrogen) atoms. The van der Waals surface area contributed by atoms with E-state index in [1.807, 2.05) is 0 Å². The predicted octanol–water partition coefficient (Wildman–Crippen LogP) is 1.61. The first kappa shape index (κ1) is 15.8. The van der Waals surface area contributed by atoms with E-state index in [2.05, 4.69) is 29.4 Å². The normalized spacial score (nSPS) is 33.0. The summed E-state index contributed by atoms with van der Waals surface area (Å²) < 4.78 is 0. The van der Waals surface area contributed by atoms with Crippen molar-refractivity contribution in [1.82, 2.24) is 15.5 Å². The molecule has 0 aromatic heterocycles. The van der Waals surface area contributed by atoms with Gasteiger partial charge in [-0.05, 0) is 43.9 Å². The number of likely N-dealkylation sites (N-methyl/N-ethyl adjacent to an activating group) is 1. The summed E-state index contributed by atoms with van der Waals surface area (Å²) >= 11 is 0. The van der Waals surface area contributed by atoms with Gasteiger partial charge in [0.25, 0.3) is 0 Å². The van der Waals surface area contributed by atoms with Crippen molar-refractivity contribution in [3.05, 3.63) is 0 Å². The van der Waals surface area contributed by atoms with Gasteiger partial charge in [-0.2, -0.15) is 0 Å². The third kappa shape index (κ3) is 4.45. The molecule has 3 unspecified atom stereocenters. The van der Waals surface area contributed by atoms with Gasteiger partial charge in [-0.25, -0.2) is 0 Å². The van der Waals surface area contributed by atoms with Gasteiger partial charge in [-0.3, -0.25) is 9.69 Å². The zero-order valence-corrected chi connectivity index (χ0v) is 13.3. The van der Waals surface area contributed by atoms with E-state index in [4.69, 9.17) is 0 Å². The molecular formula is C16H31N3O. The molecule has 1 amide bonds. The lowest BCUT2D eigenvalue weighted by Crippen LogP contribution is -2.50. The lowest BCUT2D eigenvalue weighted by atomic mass is 9.79. The maximum atomic E-state index is 11.4. The Hall–Kier alpha value is -0.610. The molecule has 1 heterocycles. The van der Waals surface area contributed by atoms with E-state index in [9.17, 15) is 4.79 Å². The molecule has 2 fully saturated rings. The van der Waals surface area contributed by atoms with Gasteiger partial charge in [-0.1, -0.05) is 13.8 Å². The highest BCUT2D eigenvalue weighted by molar-refractivity contribution is 5.77. The summed E-state index contributed by atoms with van der Waals surface area (Å²) in [7, 11) is 1.71. The smallest absolute Gasteiger partial charge is 0.233 e. The lowest BCUT2D eigenvalue weighted by molar-refractivity contribution is -0.122. The second-order valence-corrected chi connectivity index (χ2v) is 6.89. The van der Waals surface area contributed by atoms with Crippen LogP contribution in [0.25, 0.3) is 0 Å². The Kier molecular flexibility index (Phi) is 5.85.